The molecule has 2 rings (SSSR count). The average molecular weight is 245 g/mol. The Hall–Kier alpha value is -1.92. The van der Waals surface area contributed by atoms with E-state index in [-0.39, 0.29) is 11.3 Å². The summed E-state index contributed by atoms with van der Waals surface area (Å²) >= 11 is 0. The summed E-state index contributed by atoms with van der Waals surface area (Å²) in [5.74, 6) is -0.972. The van der Waals surface area contributed by atoms with Crippen molar-refractivity contribution in [1.82, 2.24) is 15.0 Å². The molecule has 0 amide bonds. The van der Waals surface area contributed by atoms with Gasteiger partial charge in [0.25, 0.3) is 0 Å². The third-order valence-electron chi connectivity index (χ3n) is 2.18. The predicted molar refractivity (Wildman–Crippen MR) is 51.4 cm³/mol. The van der Waals surface area contributed by atoms with E-state index in [0.717, 1.165) is 12.1 Å². The standard InChI is InChI=1S/C10H7F4N3/c1-17-5-9(15-16-17)7-3-2-6(4-8(7)11)10(12,13)14/h2-5H,1H3. The van der Waals surface area contributed by atoms with Gasteiger partial charge in [0.15, 0.2) is 0 Å². The van der Waals surface area contributed by atoms with Gasteiger partial charge < -0.3 is 0 Å². The number of alkyl halides is 3. The molecule has 0 aliphatic heterocycles. The molecule has 2 aromatic rings. The Kier molecular flexibility index (Phi) is 2.60. The lowest BCUT2D eigenvalue weighted by Gasteiger charge is -2.07. The van der Waals surface area contributed by atoms with Crippen molar-refractivity contribution in [2.45, 2.75) is 6.18 Å². The Labute approximate surface area is 93.7 Å². The van der Waals surface area contributed by atoms with Crippen LogP contribution in [0.5, 0.6) is 0 Å². The summed E-state index contributed by atoms with van der Waals surface area (Å²) in [6.45, 7) is 0. The van der Waals surface area contributed by atoms with Gasteiger partial charge in [-0.2, -0.15) is 13.2 Å². The first-order valence-corrected chi connectivity index (χ1v) is 4.61. The van der Waals surface area contributed by atoms with Gasteiger partial charge in [-0.05, 0) is 18.2 Å². The minimum atomic E-state index is -4.55. The van der Waals surface area contributed by atoms with Crippen LogP contribution in [0.1, 0.15) is 5.56 Å². The highest BCUT2D eigenvalue weighted by Crippen LogP contribution is 2.32. The number of rotatable bonds is 1. The van der Waals surface area contributed by atoms with Crippen LogP contribution in [0, 0.1) is 5.82 Å². The van der Waals surface area contributed by atoms with E-state index in [4.69, 9.17) is 0 Å². The van der Waals surface area contributed by atoms with Gasteiger partial charge in [-0.25, -0.2) is 4.39 Å². The van der Waals surface area contributed by atoms with Gasteiger partial charge in [0.05, 0.1) is 11.8 Å². The van der Waals surface area contributed by atoms with E-state index in [0.29, 0.717) is 6.07 Å². The van der Waals surface area contributed by atoms with Crippen LogP contribution in [-0.4, -0.2) is 15.0 Å². The Balaban J connectivity index is 2.45. The van der Waals surface area contributed by atoms with Crippen LogP contribution in [0.25, 0.3) is 11.3 Å². The number of aromatic nitrogens is 3. The zero-order valence-corrected chi connectivity index (χ0v) is 8.66. The third kappa shape index (κ3) is 2.27. The molecule has 1 aromatic carbocycles. The van der Waals surface area contributed by atoms with Crippen molar-refractivity contribution >= 4 is 0 Å². The molecule has 0 aliphatic rings. The summed E-state index contributed by atoms with van der Waals surface area (Å²) in [6, 6.07) is 2.30. The lowest BCUT2D eigenvalue weighted by atomic mass is 10.1. The SMILES string of the molecule is Cn1cc(-c2ccc(C(F)(F)F)cc2F)nn1. The molecule has 0 bridgehead atoms. The van der Waals surface area contributed by atoms with Crippen molar-refractivity contribution in [2.24, 2.45) is 7.05 Å². The Bertz CT molecular complexity index is 545. The summed E-state index contributed by atoms with van der Waals surface area (Å²) in [5.41, 5.74) is -0.840. The normalized spacial score (nSPS) is 11.8. The molecule has 1 heterocycles. The number of nitrogens with zero attached hydrogens (tertiary/aromatic N) is 3. The molecule has 3 nitrogen and oxygen atoms in total. The van der Waals surface area contributed by atoms with E-state index in [1.807, 2.05) is 0 Å². The molecule has 90 valence electrons. The van der Waals surface area contributed by atoms with E-state index < -0.39 is 17.6 Å². The molecular formula is C10H7F4N3. The zero-order chi connectivity index (χ0) is 12.6. The minimum absolute atomic E-state index is 0.00824. The van der Waals surface area contributed by atoms with Crippen molar-refractivity contribution in [3.05, 3.63) is 35.8 Å². The van der Waals surface area contributed by atoms with Gasteiger partial charge in [0.1, 0.15) is 11.5 Å². The number of hydrogen-bond donors (Lipinski definition) is 0. The number of aryl methyl sites for hydroxylation is 1. The second-order valence-corrected chi connectivity index (χ2v) is 3.47. The highest BCUT2D eigenvalue weighted by atomic mass is 19.4. The van der Waals surface area contributed by atoms with E-state index >= 15 is 0 Å². The molecule has 0 unspecified atom stereocenters. The molecule has 17 heavy (non-hydrogen) atoms. The smallest absolute Gasteiger partial charge is 0.255 e. The lowest BCUT2D eigenvalue weighted by Crippen LogP contribution is -2.05. The molecule has 0 fully saturated rings. The first-order chi connectivity index (χ1) is 7.88. The van der Waals surface area contributed by atoms with Gasteiger partial charge in [-0.1, -0.05) is 5.21 Å². The summed E-state index contributed by atoms with van der Waals surface area (Å²) in [5, 5.41) is 7.21. The Morgan fingerprint density at radius 1 is 1.24 bits per heavy atom. The first-order valence-electron chi connectivity index (χ1n) is 4.61. The molecule has 0 saturated heterocycles. The van der Waals surface area contributed by atoms with Crippen LogP contribution in [-0.2, 0) is 13.2 Å². The molecule has 1 aromatic heterocycles. The topological polar surface area (TPSA) is 30.7 Å². The minimum Gasteiger partial charge on any atom is -0.255 e. The van der Waals surface area contributed by atoms with Crippen molar-refractivity contribution in [2.75, 3.05) is 0 Å². The molecule has 0 spiro atoms. The van der Waals surface area contributed by atoms with Gasteiger partial charge in [0, 0.05) is 12.6 Å². The second-order valence-electron chi connectivity index (χ2n) is 3.47. The number of halogens is 4. The Morgan fingerprint density at radius 2 is 1.94 bits per heavy atom. The predicted octanol–water partition coefficient (Wildman–Crippen LogP) is 2.64. The van der Waals surface area contributed by atoms with Crippen LogP contribution in [0.4, 0.5) is 17.6 Å². The molecule has 0 atom stereocenters. The third-order valence-corrected chi connectivity index (χ3v) is 2.18. The highest BCUT2D eigenvalue weighted by Gasteiger charge is 2.31. The molecule has 7 heteroatoms. The van der Waals surface area contributed by atoms with Gasteiger partial charge in [-0.3, -0.25) is 4.68 Å². The maximum Gasteiger partial charge on any atom is 0.416 e. The summed E-state index contributed by atoms with van der Waals surface area (Å²) in [6.07, 6.45) is -3.13. The highest BCUT2D eigenvalue weighted by molar-refractivity contribution is 5.59. The Morgan fingerprint density at radius 3 is 2.41 bits per heavy atom. The summed E-state index contributed by atoms with van der Waals surface area (Å²) in [7, 11) is 1.58. The van der Waals surface area contributed by atoms with E-state index in [9.17, 15) is 17.6 Å². The molecular weight excluding hydrogens is 238 g/mol. The second kappa shape index (κ2) is 3.83. The van der Waals surface area contributed by atoms with Crippen LogP contribution >= 0.6 is 0 Å². The van der Waals surface area contributed by atoms with Crippen molar-refractivity contribution in [3.63, 3.8) is 0 Å². The van der Waals surface area contributed by atoms with Gasteiger partial charge in [0.2, 0.25) is 0 Å². The van der Waals surface area contributed by atoms with Crippen LogP contribution in [0.15, 0.2) is 24.4 Å². The van der Waals surface area contributed by atoms with Gasteiger partial charge >= 0.3 is 6.18 Å². The molecule has 0 N–H and O–H groups in total. The van der Waals surface area contributed by atoms with E-state index in [1.54, 1.807) is 7.05 Å². The molecule has 0 radical (unpaired) electrons. The van der Waals surface area contributed by atoms with Crippen molar-refractivity contribution in [3.8, 4) is 11.3 Å². The average Bonchev–Trinajstić information content (AvgIpc) is 2.63. The van der Waals surface area contributed by atoms with Crippen LogP contribution in [0.3, 0.4) is 0 Å². The zero-order valence-electron chi connectivity index (χ0n) is 8.66. The van der Waals surface area contributed by atoms with Crippen molar-refractivity contribution in [1.29, 1.82) is 0 Å². The largest absolute Gasteiger partial charge is 0.416 e. The van der Waals surface area contributed by atoms with E-state index in [2.05, 4.69) is 10.3 Å². The fourth-order valence-corrected chi connectivity index (χ4v) is 1.37. The fraction of sp³-hybridized carbons (Fsp3) is 0.200. The quantitative estimate of drug-likeness (QED) is 0.723. The summed E-state index contributed by atoms with van der Waals surface area (Å²) in [4.78, 5) is 0. The molecule has 0 aliphatic carbocycles. The summed E-state index contributed by atoms with van der Waals surface area (Å²) < 4.78 is 51.8. The monoisotopic (exact) mass is 245 g/mol. The number of hydrogen-bond acceptors (Lipinski definition) is 2. The maximum absolute atomic E-state index is 13.5. The van der Waals surface area contributed by atoms with Crippen LogP contribution < -0.4 is 0 Å². The first kappa shape index (κ1) is 11.6. The van der Waals surface area contributed by atoms with Crippen LogP contribution in [0.2, 0.25) is 0 Å². The van der Waals surface area contributed by atoms with E-state index in [1.165, 1.54) is 10.9 Å². The molecule has 0 saturated carbocycles. The van der Waals surface area contributed by atoms with Crippen molar-refractivity contribution < 1.29 is 17.6 Å². The number of benzene rings is 1. The maximum atomic E-state index is 13.5. The van der Waals surface area contributed by atoms with Gasteiger partial charge in [-0.15, -0.1) is 5.10 Å². The fourth-order valence-electron chi connectivity index (χ4n) is 1.37. The lowest BCUT2D eigenvalue weighted by molar-refractivity contribution is -0.137.